The molecule has 1 spiro atoms. The molecule has 11 heteroatoms. The first kappa shape index (κ1) is 30.8. The first-order chi connectivity index (χ1) is 20.3. The monoisotopic (exact) mass is 612 g/mol. The molecule has 2 aliphatic heterocycles. The summed E-state index contributed by atoms with van der Waals surface area (Å²) in [5.41, 5.74) is 3.26. The van der Waals surface area contributed by atoms with Crippen LogP contribution in [0.3, 0.4) is 0 Å². The number of nitrogens with zero attached hydrogens (tertiary/aromatic N) is 4. The van der Waals surface area contributed by atoms with Gasteiger partial charge in [-0.2, -0.15) is 4.98 Å². The molecule has 1 aromatic heterocycles. The van der Waals surface area contributed by atoms with Crippen molar-refractivity contribution in [1.29, 1.82) is 0 Å². The van der Waals surface area contributed by atoms with Crippen molar-refractivity contribution in [3.63, 3.8) is 0 Å². The fourth-order valence-corrected chi connectivity index (χ4v) is 7.22. The summed E-state index contributed by atoms with van der Waals surface area (Å²) in [5.74, 6) is 1.61. The van der Waals surface area contributed by atoms with E-state index in [1.165, 1.54) is 44.5 Å². The number of aromatic nitrogens is 2. The lowest BCUT2D eigenvalue weighted by Crippen LogP contribution is -2.48. The number of rotatable bonds is 10. The highest BCUT2D eigenvalue weighted by molar-refractivity contribution is 7.56. The minimum Gasteiger partial charge on any atom is -0.494 e. The smallest absolute Gasteiger partial charge is 0.229 e. The number of anilines is 5. The number of para-hydroxylation sites is 1. The predicted octanol–water partition coefficient (Wildman–Crippen LogP) is 6.95. The van der Waals surface area contributed by atoms with Crippen LogP contribution in [0.15, 0.2) is 48.7 Å². The quantitative estimate of drug-likeness (QED) is 0.236. The van der Waals surface area contributed by atoms with E-state index in [0.29, 0.717) is 28.2 Å². The number of ether oxygens (including phenoxy) is 1. The average molecular weight is 613 g/mol. The van der Waals surface area contributed by atoms with E-state index in [-0.39, 0.29) is 0 Å². The molecule has 2 fully saturated rings. The Morgan fingerprint density at radius 3 is 2.26 bits per heavy atom. The van der Waals surface area contributed by atoms with E-state index in [1.807, 2.05) is 30.3 Å². The molecule has 2 aromatic carbocycles. The second-order valence-electron chi connectivity index (χ2n) is 11.3. The Hall–Kier alpha value is -2.68. The van der Waals surface area contributed by atoms with Crippen molar-refractivity contribution in [1.82, 2.24) is 14.9 Å². The van der Waals surface area contributed by atoms with Crippen LogP contribution in [0.25, 0.3) is 0 Å². The second-order valence-corrected chi connectivity index (χ2v) is 13.4. The minimum atomic E-state index is -1.24. The van der Waals surface area contributed by atoms with Gasteiger partial charge < -0.3 is 34.2 Å². The van der Waals surface area contributed by atoms with E-state index < -0.39 is 8.38 Å². The van der Waals surface area contributed by atoms with Gasteiger partial charge in [-0.3, -0.25) is 0 Å². The Kier molecular flexibility index (Phi) is 10.1. The summed E-state index contributed by atoms with van der Waals surface area (Å²) >= 11 is 6.48. The lowest BCUT2D eigenvalue weighted by Gasteiger charge is -2.48. The number of benzene rings is 2. The highest BCUT2D eigenvalue weighted by Crippen LogP contribution is 2.43. The van der Waals surface area contributed by atoms with Gasteiger partial charge >= 0.3 is 0 Å². The fraction of sp³-hybridized carbons (Fsp3) is 0.484. The molecule has 5 rings (SSSR count). The molecule has 42 heavy (non-hydrogen) atoms. The van der Waals surface area contributed by atoms with Crippen LogP contribution in [-0.4, -0.2) is 68.4 Å². The maximum atomic E-state index is 6.48. The van der Waals surface area contributed by atoms with Crippen LogP contribution in [0.2, 0.25) is 5.02 Å². The highest BCUT2D eigenvalue weighted by atomic mass is 35.5. The molecule has 3 heterocycles. The number of nitrogens with one attached hydrogen (secondary N) is 2. The standard InChI is InChI=1S/C31H42ClN6O3P/c1-22(2)37-16-12-31(13-17-37)14-18-38(19-15-31)23-10-11-25(27(20-23)39-3)35-30-33-21-24(32)29(36-30)34-26-8-6-7-9-28(26)42(40-4)41-5/h6-11,20-22H,12-19H2,1-5H3,(H2,33,34,35,36). The molecule has 2 aliphatic rings. The Labute approximate surface area is 255 Å². The molecular weight excluding hydrogens is 571 g/mol. The summed E-state index contributed by atoms with van der Waals surface area (Å²) in [6.45, 7) is 9.21. The largest absolute Gasteiger partial charge is 0.494 e. The SMILES string of the molecule is COc1cc(N2CCC3(CC2)CCN(C(C)C)CC3)ccc1Nc1ncc(Cl)c(Nc2ccccc2P(OC)OC)n1. The lowest BCUT2D eigenvalue weighted by atomic mass is 9.71. The van der Waals surface area contributed by atoms with E-state index in [0.717, 1.165) is 35.5 Å². The molecule has 0 radical (unpaired) electrons. The van der Waals surface area contributed by atoms with Crippen molar-refractivity contribution in [3.05, 3.63) is 53.7 Å². The second kappa shape index (κ2) is 13.7. The number of likely N-dealkylation sites (tertiary alicyclic amines) is 1. The Bertz CT molecular complexity index is 1340. The molecule has 0 amide bonds. The molecule has 9 nitrogen and oxygen atoms in total. The average Bonchev–Trinajstić information content (AvgIpc) is 3.01. The number of methoxy groups -OCH3 is 1. The van der Waals surface area contributed by atoms with Gasteiger partial charge in [0.2, 0.25) is 14.3 Å². The number of hydrogen-bond acceptors (Lipinski definition) is 9. The molecule has 2 N–H and O–H groups in total. The molecule has 0 atom stereocenters. The Morgan fingerprint density at radius 1 is 0.905 bits per heavy atom. The summed E-state index contributed by atoms with van der Waals surface area (Å²) in [5, 5.41) is 7.92. The van der Waals surface area contributed by atoms with E-state index in [1.54, 1.807) is 27.5 Å². The fourth-order valence-electron chi connectivity index (χ4n) is 6.01. The third kappa shape index (κ3) is 6.92. The molecular formula is C31H42ClN6O3P. The Morgan fingerprint density at radius 2 is 1.60 bits per heavy atom. The zero-order valence-corrected chi connectivity index (χ0v) is 26.8. The van der Waals surface area contributed by atoms with Gasteiger partial charge in [0.1, 0.15) is 10.8 Å². The molecule has 3 aromatic rings. The van der Waals surface area contributed by atoms with E-state index >= 15 is 0 Å². The van der Waals surface area contributed by atoms with Crippen LogP contribution in [0, 0.1) is 5.41 Å². The van der Waals surface area contributed by atoms with Crippen LogP contribution >= 0.6 is 20.0 Å². The minimum absolute atomic E-state index is 0.398. The molecule has 226 valence electrons. The van der Waals surface area contributed by atoms with Crippen LogP contribution < -0.4 is 25.6 Å². The van der Waals surface area contributed by atoms with Gasteiger partial charge in [0, 0.05) is 45.1 Å². The summed E-state index contributed by atoms with van der Waals surface area (Å²) in [7, 11) is 3.71. The first-order valence-corrected chi connectivity index (χ1v) is 16.1. The van der Waals surface area contributed by atoms with Crippen molar-refractivity contribution < 1.29 is 13.8 Å². The third-order valence-electron chi connectivity index (χ3n) is 8.64. The van der Waals surface area contributed by atoms with Crippen molar-refractivity contribution in [2.75, 3.05) is 63.0 Å². The van der Waals surface area contributed by atoms with Crippen LogP contribution in [-0.2, 0) is 9.05 Å². The van der Waals surface area contributed by atoms with Gasteiger partial charge in [-0.1, -0.05) is 23.7 Å². The molecule has 0 bridgehead atoms. The first-order valence-electron chi connectivity index (χ1n) is 14.6. The van der Waals surface area contributed by atoms with E-state index in [2.05, 4.69) is 56.4 Å². The molecule has 2 saturated heterocycles. The van der Waals surface area contributed by atoms with Crippen LogP contribution in [0.5, 0.6) is 5.75 Å². The summed E-state index contributed by atoms with van der Waals surface area (Å²) in [4.78, 5) is 14.2. The molecule has 0 unspecified atom stereocenters. The molecule has 0 aliphatic carbocycles. The predicted molar refractivity (Wildman–Crippen MR) is 173 cm³/mol. The van der Waals surface area contributed by atoms with Gasteiger partial charge in [-0.05, 0) is 82.3 Å². The van der Waals surface area contributed by atoms with E-state index in [9.17, 15) is 0 Å². The summed E-state index contributed by atoms with van der Waals surface area (Å²) in [6, 6.07) is 14.7. The topological polar surface area (TPSA) is 84.0 Å². The van der Waals surface area contributed by atoms with Crippen molar-refractivity contribution in [3.8, 4) is 5.75 Å². The van der Waals surface area contributed by atoms with Gasteiger partial charge in [-0.25, -0.2) is 4.98 Å². The number of hydrogen-bond donors (Lipinski definition) is 2. The van der Waals surface area contributed by atoms with Gasteiger partial charge in [-0.15, -0.1) is 0 Å². The lowest BCUT2D eigenvalue weighted by molar-refractivity contribution is 0.0632. The third-order valence-corrected chi connectivity index (χ3v) is 10.4. The number of piperidine rings is 2. The van der Waals surface area contributed by atoms with E-state index in [4.69, 9.17) is 25.4 Å². The summed E-state index contributed by atoms with van der Waals surface area (Å²) < 4.78 is 16.8. The van der Waals surface area contributed by atoms with Gasteiger partial charge in [0.25, 0.3) is 0 Å². The van der Waals surface area contributed by atoms with Gasteiger partial charge in [0.15, 0.2) is 5.82 Å². The van der Waals surface area contributed by atoms with Crippen molar-refractivity contribution in [2.45, 2.75) is 45.6 Å². The maximum absolute atomic E-state index is 6.48. The van der Waals surface area contributed by atoms with Crippen LogP contribution in [0.4, 0.5) is 28.8 Å². The van der Waals surface area contributed by atoms with Crippen LogP contribution in [0.1, 0.15) is 39.5 Å². The highest BCUT2D eigenvalue weighted by Gasteiger charge is 2.38. The number of halogens is 1. The maximum Gasteiger partial charge on any atom is 0.229 e. The molecule has 0 saturated carbocycles. The van der Waals surface area contributed by atoms with Crippen molar-refractivity contribution >= 4 is 54.1 Å². The zero-order chi connectivity index (χ0) is 29.7. The normalized spacial score (nSPS) is 17.2. The summed E-state index contributed by atoms with van der Waals surface area (Å²) in [6.07, 6.45) is 6.70. The Balaban J connectivity index is 1.27. The zero-order valence-electron chi connectivity index (χ0n) is 25.2. The van der Waals surface area contributed by atoms with Crippen molar-refractivity contribution in [2.24, 2.45) is 5.41 Å². The van der Waals surface area contributed by atoms with Gasteiger partial charge in [0.05, 0.1) is 30.0 Å².